The fourth-order valence-electron chi connectivity index (χ4n) is 3.52. The lowest BCUT2D eigenvalue weighted by Gasteiger charge is -2.30. The number of nitrogens with zero attached hydrogens (tertiary/aromatic N) is 1. The summed E-state index contributed by atoms with van der Waals surface area (Å²) in [6, 6.07) is 20.2. The summed E-state index contributed by atoms with van der Waals surface area (Å²) < 4.78 is 14.1. The molecular weight excluding hydrogens is 355 g/mol. The minimum Gasteiger partial charge on any atom is -0.324 e. The van der Waals surface area contributed by atoms with Crippen LogP contribution in [0.15, 0.2) is 72.8 Å². The second-order valence-electron chi connectivity index (χ2n) is 6.89. The zero-order valence-electron chi connectivity index (χ0n) is 15.4. The molecule has 1 N–H and O–H groups in total. The van der Waals surface area contributed by atoms with E-state index in [1.165, 1.54) is 17.0 Å². The number of halogens is 1. The van der Waals surface area contributed by atoms with Gasteiger partial charge in [0.25, 0.3) is 5.91 Å². The first-order valence-electron chi connectivity index (χ1n) is 9.05. The number of rotatable bonds is 2. The highest BCUT2D eigenvalue weighted by Gasteiger charge is 2.34. The summed E-state index contributed by atoms with van der Waals surface area (Å²) in [5.74, 6) is -1.01. The molecule has 0 radical (unpaired) electrons. The van der Waals surface area contributed by atoms with Crippen LogP contribution in [0.4, 0.5) is 10.1 Å². The number of carbonyl (C=O) groups excluding carboxylic acids is 2. The number of carbonyl (C=O) groups is 2. The van der Waals surface area contributed by atoms with Crippen molar-refractivity contribution in [3.63, 3.8) is 0 Å². The van der Waals surface area contributed by atoms with E-state index >= 15 is 0 Å². The van der Waals surface area contributed by atoms with Crippen LogP contribution in [-0.4, -0.2) is 23.3 Å². The molecule has 28 heavy (non-hydrogen) atoms. The van der Waals surface area contributed by atoms with Gasteiger partial charge in [0.1, 0.15) is 12.4 Å². The summed E-state index contributed by atoms with van der Waals surface area (Å²) in [5.41, 5.74) is 3.40. The van der Waals surface area contributed by atoms with Gasteiger partial charge in [-0.3, -0.25) is 9.59 Å². The van der Waals surface area contributed by atoms with Gasteiger partial charge in [0, 0.05) is 16.8 Å². The number of hydrogen-bond donors (Lipinski definition) is 1. The Morgan fingerprint density at radius 3 is 2.46 bits per heavy atom. The maximum atomic E-state index is 14.1. The van der Waals surface area contributed by atoms with E-state index in [0.29, 0.717) is 16.8 Å². The van der Waals surface area contributed by atoms with Crippen molar-refractivity contribution in [1.29, 1.82) is 0 Å². The maximum Gasteiger partial charge on any atom is 0.255 e. The Morgan fingerprint density at radius 2 is 1.75 bits per heavy atom. The Morgan fingerprint density at radius 1 is 1.04 bits per heavy atom. The zero-order chi connectivity index (χ0) is 19.7. The van der Waals surface area contributed by atoms with Gasteiger partial charge in [-0.05, 0) is 42.8 Å². The molecule has 0 unspecified atom stereocenters. The number of fused-ring (bicyclic) bond motifs is 1. The molecule has 1 atom stereocenters. The first kappa shape index (κ1) is 17.9. The topological polar surface area (TPSA) is 49.4 Å². The molecule has 140 valence electrons. The Bertz CT molecular complexity index is 1030. The quantitative estimate of drug-likeness (QED) is 0.726. The van der Waals surface area contributed by atoms with Crippen molar-refractivity contribution in [3.8, 4) is 0 Å². The third kappa shape index (κ3) is 3.39. The van der Waals surface area contributed by atoms with Gasteiger partial charge in [-0.15, -0.1) is 0 Å². The van der Waals surface area contributed by atoms with E-state index in [0.717, 1.165) is 11.1 Å². The maximum absolute atomic E-state index is 14.1. The SMILES string of the molecule is Cc1ccc(C(=O)N2CC(=O)Nc3ccc(F)cc3[C@H]2c2ccccc2)cc1. The van der Waals surface area contributed by atoms with Crippen molar-refractivity contribution in [2.24, 2.45) is 0 Å². The molecule has 1 heterocycles. The second kappa shape index (κ2) is 7.27. The van der Waals surface area contributed by atoms with E-state index in [9.17, 15) is 14.0 Å². The Labute approximate surface area is 162 Å². The van der Waals surface area contributed by atoms with Crippen LogP contribution < -0.4 is 5.32 Å². The molecule has 0 saturated carbocycles. The van der Waals surface area contributed by atoms with Gasteiger partial charge in [-0.25, -0.2) is 4.39 Å². The zero-order valence-corrected chi connectivity index (χ0v) is 15.4. The summed E-state index contributed by atoms with van der Waals surface area (Å²) in [6.07, 6.45) is 0. The van der Waals surface area contributed by atoms with E-state index in [1.54, 1.807) is 18.2 Å². The molecule has 0 aliphatic carbocycles. The van der Waals surface area contributed by atoms with Crippen LogP contribution in [-0.2, 0) is 4.79 Å². The van der Waals surface area contributed by atoms with Crippen molar-refractivity contribution in [3.05, 3.63) is 101 Å². The average molecular weight is 374 g/mol. The fourth-order valence-corrected chi connectivity index (χ4v) is 3.52. The normalized spacial score (nSPS) is 16.1. The molecule has 0 saturated heterocycles. The lowest BCUT2D eigenvalue weighted by molar-refractivity contribution is -0.117. The third-order valence-corrected chi connectivity index (χ3v) is 4.88. The molecule has 4 rings (SSSR count). The Hall–Kier alpha value is -3.47. The fraction of sp³-hybridized carbons (Fsp3) is 0.130. The molecule has 0 aromatic heterocycles. The van der Waals surface area contributed by atoms with Gasteiger partial charge in [0.05, 0.1) is 6.04 Å². The van der Waals surface area contributed by atoms with Gasteiger partial charge in [0.15, 0.2) is 0 Å². The minimum atomic E-state index is -0.584. The lowest BCUT2D eigenvalue weighted by atomic mass is 9.95. The van der Waals surface area contributed by atoms with E-state index in [2.05, 4.69) is 5.32 Å². The van der Waals surface area contributed by atoms with Crippen molar-refractivity contribution in [1.82, 2.24) is 4.90 Å². The average Bonchev–Trinajstić information content (AvgIpc) is 2.84. The van der Waals surface area contributed by atoms with Crippen LogP contribution in [0.2, 0.25) is 0 Å². The van der Waals surface area contributed by atoms with Crippen molar-refractivity contribution in [2.45, 2.75) is 13.0 Å². The molecule has 1 aliphatic rings. The first-order chi connectivity index (χ1) is 13.5. The van der Waals surface area contributed by atoms with Crippen molar-refractivity contribution >= 4 is 17.5 Å². The lowest BCUT2D eigenvalue weighted by Crippen LogP contribution is -2.39. The minimum absolute atomic E-state index is 0.122. The predicted molar refractivity (Wildman–Crippen MR) is 106 cm³/mol. The molecule has 3 aromatic rings. The van der Waals surface area contributed by atoms with Crippen molar-refractivity contribution in [2.75, 3.05) is 11.9 Å². The van der Waals surface area contributed by atoms with E-state index in [-0.39, 0.29) is 18.4 Å². The first-order valence-corrected chi connectivity index (χ1v) is 9.05. The highest BCUT2D eigenvalue weighted by atomic mass is 19.1. The highest BCUT2D eigenvalue weighted by Crippen LogP contribution is 2.36. The number of hydrogen-bond acceptors (Lipinski definition) is 2. The molecule has 3 aromatic carbocycles. The van der Waals surface area contributed by atoms with Gasteiger partial charge >= 0.3 is 0 Å². The summed E-state index contributed by atoms with van der Waals surface area (Å²) in [6.45, 7) is 1.82. The number of amides is 2. The van der Waals surface area contributed by atoms with Crippen LogP contribution in [0.3, 0.4) is 0 Å². The van der Waals surface area contributed by atoms with Crippen LogP contribution in [0.5, 0.6) is 0 Å². The van der Waals surface area contributed by atoms with Crippen LogP contribution in [0, 0.1) is 12.7 Å². The van der Waals surface area contributed by atoms with Crippen LogP contribution >= 0.6 is 0 Å². The van der Waals surface area contributed by atoms with E-state index < -0.39 is 11.9 Å². The molecule has 0 bridgehead atoms. The summed E-state index contributed by atoms with van der Waals surface area (Å²) in [5, 5.41) is 2.80. The van der Waals surface area contributed by atoms with E-state index in [4.69, 9.17) is 0 Å². The summed E-state index contributed by atoms with van der Waals surface area (Å²) in [7, 11) is 0. The number of anilines is 1. The number of aryl methyl sites for hydroxylation is 1. The Kier molecular flexibility index (Phi) is 4.65. The molecule has 0 spiro atoms. The summed E-state index contributed by atoms with van der Waals surface area (Å²) in [4.78, 5) is 27.3. The van der Waals surface area contributed by atoms with Gasteiger partial charge in [0.2, 0.25) is 5.91 Å². The smallest absolute Gasteiger partial charge is 0.255 e. The molecule has 0 fully saturated rings. The van der Waals surface area contributed by atoms with Crippen LogP contribution in [0.25, 0.3) is 0 Å². The highest BCUT2D eigenvalue weighted by molar-refractivity contribution is 6.01. The molecule has 5 heteroatoms. The molecular formula is C23H19FN2O2. The van der Waals surface area contributed by atoms with Gasteiger partial charge < -0.3 is 10.2 Å². The van der Waals surface area contributed by atoms with Crippen LogP contribution in [0.1, 0.15) is 33.1 Å². The predicted octanol–water partition coefficient (Wildman–Crippen LogP) is 4.32. The molecule has 2 amide bonds. The van der Waals surface area contributed by atoms with Gasteiger partial charge in [-0.2, -0.15) is 0 Å². The third-order valence-electron chi connectivity index (χ3n) is 4.88. The van der Waals surface area contributed by atoms with Gasteiger partial charge in [-0.1, -0.05) is 48.0 Å². The monoisotopic (exact) mass is 374 g/mol. The van der Waals surface area contributed by atoms with Crippen molar-refractivity contribution < 1.29 is 14.0 Å². The Balaban J connectivity index is 1.88. The summed E-state index contributed by atoms with van der Waals surface area (Å²) >= 11 is 0. The number of benzene rings is 3. The number of nitrogens with one attached hydrogen (secondary N) is 1. The second-order valence-corrected chi connectivity index (χ2v) is 6.89. The largest absolute Gasteiger partial charge is 0.324 e. The molecule has 1 aliphatic heterocycles. The molecule has 4 nitrogen and oxygen atoms in total. The standard InChI is InChI=1S/C23H19FN2O2/c1-15-7-9-17(10-8-15)23(28)26-14-21(27)25-20-12-11-18(24)13-19(20)22(26)16-5-3-2-4-6-16/h2-13,22H,14H2,1H3,(H,25,27)/t22-/m1/s1. The van der Waals surface area contributed by atoms with E-state index in [1.807, 2.05) is 49.4 Å².